The zero-order valence-corrected chi connectivity index (χ0v) is 8.68. The largest absolute Gasteiger partial charge is 0.481 e. The fraction of sp³-hybridized carbons (Fsp3) is 0.500. The van der Waals surface area contributed by atoms with E-state index in [2.05, 4.69) is 9.97 Å². The number of rotatable bonds is 2. The molecule has 0 bridgehead atoms. The SMILES string of the molecule is CC.COc1ccnc(SC)n1. The molecule has 0 saturated heterocycles. The summed E-state index contributed by atoms with van der Waals surface area (Å²) in [5, 5.41) is 0.736. The summed E-state index contributed by atoms with van der Waals surface area (Å²) in [7, 11) is 1.59. The van der Waals surface area contributed by atoms with Gasteiger partial charge in [-0.1, -0.05) is 25.6 Å². The molecule has 1 aromatic heterocycles. The van der Waals surface area contributed by atoms with Gasteiger partial charge in [0.1, 0.15) is 0 Å². The first-order chi connectivity index (χ1) is 5.86. The van der Waals surface area contributed by atoms with Crippen molar-refractivity contribution in [2.75, 3.05) is 13.4 Å². The molecule has 3 nitrogen and oxygen atoms in total. The van der Waals surface area contributed by atoms with Crippen LogP contribution in [0.1, 0.15) is 13.8 Å². The van der Waals surface area contributed by atoms with Crippen LogP contribution in [-0.4, -0.2) is 23.3 Å². The van der Waals surface area contributed by atoms with E-state index in [1.54, 1.807) is 19.4 Å². The molecule has 12 heavy (non-hydrogen) atoms. The van der Waals surface area contributed by atoms with Crippen molar-refractivity contribution in [3.8, 4) is 5.88 Å². The molecule has 0 aliphatic rings. The Morgan fingerprint density at radius 3 is 2.58 bits per heavy atom. The summed E-state index contributed by atoms with van der Waals surface area (Å²) in [6.45, 7) is 4.00. The normalized spacial score (nSPS) is 8.33. The fourth-order valence-electron chi connectivity index (χ4n) is 0.537. The second-order valence-corrected chi connectivity index (χ2v) is 2.36. The lowest BCUT2D eigenvalue weighted by Crippen LogP contribution is -1.89. The molecule has 1 rings (SSSR count). The van der Waals surface area contributed by atoms with Gasteiger partial charge in [-0.25, -0.2) is 4.98 Å². The molecule has 4 heteroatoms. The molecule has 0 atom stereocenters. The zero-order chi connectivity index (χ0) is 9.40. The van der Waals surface area contributed by atoms with Crippen LogP contribution in [0.2, 0.25) is 0 Å². The maximum Gasteiger partial charge on any atom is 0.216 e. The molecule has 1 aromatic rings. The number of methoxy groups -OCH3 is 1. The highest BCUT2D eigenvalue weighted by Crippen LogP contribution is 2.11. The molecule has 0 aromatic carbocycles. The molecule has 0 fully saturated rings. The van der Waals surface area contributed by atoms with Crippen molar-refractivity contribution in [3.05, 3.63) is 12.3 Å². The highest BCUT2D eigenvalue weighted by molar-refractivity contribution is 7.98. The molecular formula is C8H14N2OS. The van der Waals surface area contributed by atoms with E-state index in [1.165, 1.54) is 11.8 Å². The van der Waals surface area contributed by atoms with E-state index < -0.39 is 0 Å². The highest BCUT2D eigenvalue weighted by atomic mass is 32.2. The number of thioether (sulfide) groups is 1. The van der Waals surface area contributed by atoms with Crippen molar-refractivity contribution >= 4 is 11.8 Å². The molecule has 0 spiro atoms. The average molecular weight is 186 g/mol. The lowest BCUT2D eigenvalue weighted by molar-refractivity contribution is 0.392. The van der Waals surface area contributed by atoms with E-state index in [-0.39, 0.29) is 0 Å². The Morgan fingerprint density at radius 2 is 2.08 bits per heavy atom. The van der Waals surface area contributed by atoms with E-state index in [0.717, 1.165) is 5.16 Å². The summed E-state index contributed by atoms with van der Waals surface area (Å²) in [4.78, 5) is 8.02. The Bertz CT molecular complexity index is 199. The number of ether oxygens (including phenoxy) is 1. The van der Waals surface area contributed by atoms with Gasteiger partial charge in [-0.15, -0.1) is 0 Å². The molecule has 0 amide bonds. The van der Waals surface area contributed by atoms with Crippen LogP contribution < -0.4 is 4.74 Å². The molecule has 0 radical (unpaired) electrons. The lowest BCUT2D eigenvalue weighted by atomic mass is 10.6. The van der Waals surface area contributed by atoms with Crippen LogP contribution in [-0.2, 0) is 0 Å². The predicted octanol–water partition coefficient (Wildman–Crippen LogP) is 2.23. The molecule has 0 unspecified atom stereocenters. The van der Waals surface area contributed by atoms with Gasteiger partial charge in [0.15, 0.2) is 5.16 Å². The van der Waals surface area contributed by atoms with Gasteiger partial charge in [-0.3, -0.25) is 0 Å². The van der Waals surface area contributed by atoms with Crippen molar-refractivity contribution in [1.29, 1.82) is 0 Å². The summed E-state index contributed by atoms with van der Waals surface area (Å²) in [6, 6.07) is 1.72. The van der Waals surface area contributed by atoms with Gasteiger partial charge >= 0.3 is 0 Å². The number of hydrogen-bond donors (Lipinski definition) is 0. The maximum absolute atomic E-state index is 4.89. The lowest BCUT2D eigenvalue weighted by Gasteiger charge is -1.97. The topological polar surface area (TPSA) is 35.0 Å². The van der Waals surface area contributed by atoms with Crippen LogP contribution in [0.4, 0.5) is 0 Å². The summed E-state index contributed by atoms with van der Waals surface area (Å²) < 4.78 is 4.89. The monoisotopic (exact) mass is 186 g/mol. The summed E-state index contributed by atoms with van der Waals surface area (Å²) in [5.41, 5.74) is 0. The minimum absolute atomic E-state index is 0.611. The Hall–Kier alpha value is -0.770. The van der Waals surface area contributed by atoms with Gasteiger partial charge in [0.25, 0.3) is 0 Å². The molecule has 0 N–H and O–H groups in total. The van der Waals surface area contributed by atoms with Gasteiger partial charge < -0.3 is 4.74 Å². The third-order valence-electron chi connectivity index (χ3n) is 1.000. The Kier molecular flexibility index (Phi) is 6.47. The van der Waals surface area contributed by atoms with Gasteiger partial charge in [-0.05, 0) is 6.26 Å². The third-order valence-corrected chi connectivity index (χ3v) is 1.56. The van der Waals surface area contributed by atoms with Crippen molar-refractivity contribution in [2.45, 2.75) is 19.0 Å². The standard InChI is InChI=1S/C6H8N2OS.C2H6/c1-9-5-3-4-7-6(8-5)10-2;1-2/h3-4H,1-2H3;1-2H3. The first-order valence-corrected chi connectivity index (χ1v) is 5.00. The molecule has 0 aliphatic heterocycles. The zero-order valence-electron chi connectivity index (χ0n) is 7.87. The minimum Gasteiger partial charge on any atom is -0.481 e. The van der Waals surface area contributed by atoms with Gasteiger partial charge in [0, 0.05) is 12.3 Å². The van der Waals surface area contributed by atoms with Crippen LogP contribution in [0.15, 0.2) is 17.4 Å². The van der Waals surface area contributed by atoms with E-state index in [9.17, 15) is 0 Å². The van der Waals surface area contributed by atoms with Crippen LogP contribution in [0, 0.1) is 0 Å². The van der Waals surface area contributed by atoms with Gasteiger partial charge in [-0.2, -0.15) is 4.98 Å². The van der Waals surface area contributed by atoms with E-state index in [1.807, 2.05) is 20.1 Å². The van der Waals surface area contributed by atoms with Crippen LogP contribution in [0.5, 0.6) is 5.88 Å². The minimum atomic E-state index is 0.611. The fourth-order valence-corrected chi connectivity index (χ4v) is 0.885. The average Bonchev–Trinajstić information content (AvgIpc) is 2.21. The number of aromatic nitrogens is 2. The Labute approximate surface area is 77.6 Å². The molecule has 0 saturated carbocycles. The van der Waals surface area contributed by atoms with Crippen molar-refractivity contribution in [3.63, 3.8) is 0 Å². The smallest absolute Gasteiger partial charge is 0.216 e. The Balaban J connectivity index is 0.000000561. The maximum atomic E-state index is 4.89. The van der Waals surface area contributed by atoms with Crippen molar-refractivity contribution in [2.24, 2.45) is 0 Å². The van der Waals surface area contributed by atoms with Gasteiger partial charge in [0.2, 0.25) is 5.88 Å². The van der Waals surface area contributed by atoms with Crippen molar-refractivity contribution in [1.82, 2.24) is 9.97 Å². The first kappa shape index (κ1) is 11.2. The molecule has 68 valence electrons. The van der Waals surface area contributed by atoms with Crippen molar-refractivity contribution < 1.29 is 4.74 Å². The van der Waals surface area contributed by atoms with Crippen LogP contribution in [0.25, 0.3) is 0 Å². The van der Waals surface area contributed by atoms with Crippen LogP contribution >= 0.6 is 11.8 Å². The number of hydrogen-bond acceptors (Lipinski definition) is 4. The summed E-state index contributed by atoms with van der Waals surface area (Å²) in [6.07, 6.45) is 3.60. The van der Waals surface area contributed by atoms with Crippen LogP contribution in [0.3, 0.4) is 0 Å². The second kappa shape index (κ2) is 6.91. The van der Waals surface area contributed by atoms with Gasteiger partial charge in [0.05, 0.1) is 7.11 Å². The second-order valence-electron chi connectivity index (χ2n) is 1.59. The first-order valence-electron chi connectivity index (χ1n) is 3.78. The summed E-state index contributed by atoms with van der Waals surface area (Å²) in [5.74, 6) is 0.611. The highest BCUT2D eigenvalue weighted by Gasteiger charge is 1.94. The molecule has 0 aliphatic carbocycles. The Morgan fingerprint density at radius 1 is 1.42 bits per heavy atom. The molecular weight excluding hydrogens is 172 g/mol. The third kappa shape index (κ3) is 3.57. The summed E-state index contributed by atoms with van der Waals surface area (Å²) >= 11 is 1.50. The number of nitrogens with zero attached hydrogens (tertiary/aromatic N) is 2. The van der Waals surface area contributed by atoms with E-state index in [4.69, 9.17) is 4.74 Å². The van der Waals surface area contributed by atoms with E-state index in [0.29, 0.717) is 5.88 Å². The molecule has 1 heterocycles. The van der Waals surface area contributed by atoms with E-state index >= 15 is 0 Å². The quantitative estimate of drug-likeness (QED) is 0.524. The predicted molar refractivity (Wildman–Crippen MR) is 51.7 cm³/mol.